The van der Waals surface area contributed by atoms with Gasteiger partial charge >= 0.3 is 0 Å². The molecule has 0 atom stereocenters. The molecule has 0 aliphatic rings. The lowest BCUT2D eigenvalue weighted by Gasteiger charge is -2.10. The van der Waals surface area contributed by atoms with Gasteiger partial charge in [0.05, 0.1) is 0 Å². The molecule has 0 amide bonds. The molecular formula is C16H21NO. The summed E-state index contributed by atoms with van der Waals surface area (Å²) in [7, 11) is 0. The van der Waals surface area contributed by atoms with E-state index in [2.05, 4.69) is 24.4 Å². The van der Waals surface area contributed by atoms with Crippen LogP contribution in [0.5, 0.6) is 5.75 Å². The smallest absolute Gasteiger partial charge is 0.120 e. The van der Waals surface area contributed by atoms with E-state index in [0.717, 1.165) is 24.0 Å². The van der Waals surface area contributed by atoms with Gasteiger partial charge in [0.25, 0.3) is 0 Å². The highest BCUT2D eigenvalue weighted by Gasteiger charge is 2.05. The van der Waals surface area contributed by atoms with Crippen molar-refractivity contribution in [3.63, 3.8) is 0 Å². The Labute approximate surface area is 109 Å². The molecule has 2 nitrogen and oxygen atoms in total. The van der Waals surface area contributed by atoms with E-state index in [-0.39, 0.29) is 0 Å². The third kappa shape index (κ3) is 3.02. The van der Waals surface area contributed by atoms with Crippen molar-refractivity contribution in [2.24, 2.45) is 0 Å². The number of unbranched alkanes of at least 4 members (excludes halogenated alkanes) is 2. The first kappa shape index (κ1) is 12.9. The van der Waals surface area contributed by atoms with Gasteiger partial charge in [-0.2, -0.15) is 0 Å². The summed E-state index contributed by atoms with van der Waals surface area (Å²) in [6, 6.07) is 11.9. The van der Waals surface area contributed by atoms with Crippen LogP contribution in [0.25, 0.3) is 10.8 Å². The summed E-state index contributed by atoms with van der Waals surface area (Å²) < 4.78 is 0. The maximum Gasteiger partial charge on any atom is 0.120 e. The van der Waals surface area contributed by atoms with Crippen LogP contribution in [0.4, 0.5) is 0 Å². The highest BCUT2D eigenvalue weighted by Crippen LogP contribution is 2.26. The minimum absolute atomic E-state index is 0.386. The number of phenols is 1. The van der Waals surface area contributed by atoms with Crippen LogP contribution in [-0.4, -0.2) is 11.7 Å². The summed E-state index contributed by atoms with van der Waals surface area (Å²) in [6.45, 7) is 3.95. The Kier molecular flexibility index (Phi) is 4.59. The van der Waals surface area contributed by atoms with Crippen LogP contribution in [0.1, 0.15) is 31.7 Å². The lowest BCUT2D eigenvalue weighted by Crippen LogP contribution is -2.14. The van der Waals surface area contributed by atoms with E-state index in [1.165, 1.54) is 24.6 Å². The minimum atomic E-state index is 0.386. The molecule has 96 valence electrons. The van der Waals surface area contributed by atoms with Gasteiger partial charge < -0.3 is 10.4 Å². The van der Waals surface area contributed by atoms with Gasteiger partial charge in [-0.25, -0.2) is 0 Å². The lowest BCUT2D eigenvalue weighted by molar-refractivity contribution is 0.465. The number of benzene rings is 2. The fraction of sp³-hybridized carbons (Fsp3) is 0.375. The predicted octanol–water partition coefficient (Wildman–Crippen LogP) is 3.83. The number of nitrogens with one attached hydrogen (secondary N) is 1. The van der Waals surface area contributed by atoms with Crippen LogP contribution >= 0.6 is 0 Å². The molecule has 0 aliphatic carbocycles. The molecule has 0 bridgehead atoms. The highest BCUT2D eigenvalue weighted by molar-refractivity contribution is 5.87. The molecule has 0 saturated heterocycles. The molecule has 0 heterocycles. The van der Waals surface area contributed by atoms with Gasteiger partial charge in [-0.15, -0.1) is 0 Å². The predicted molar refractivity (Wildman–Crippen MR) is 76.8 cm³/mol. The van der Waals surface area contributed by atoms with Crippen LogP contribution in [0.3, 0.4) is 0 Å². The molecule has 2 N–H and O–H groups in total. The van der Waals surface area contributed by atoms with E-state index in [1.807, 2.05) is 18.2 Å². The van der Waals surface area contributed by atoms with Crippen molar-refractivity contribution in [3.8, 4) is 5.75 Å². The summed E-state index contributed by atoms with van der Waals surface area (Å²) in [6.07, 6.45) is 3.69. The average Bonchev–Trinajstić information content (AvgIpc) is 2.41. The number of hydrogen-bond acceptors (Lipinski definition) is 2. The van der Waals surface area contributed by atoms with Gasteiger partial charge in [0.2, 0.25) is 0 Å². The topological polar surface area (TPSA) is 32.3 Å². The Morgan fingerprint density at radius 3 is 2.72 bits per heavy atom. The van der Waals surface area contributed by atoms with E-state index < -0.39 is 0 Å². The lowest BCUT2D eigenvalue weighted by atomic mass is 10.0. The van der Waals surface area contributed by atoms with Crippen LogP contribution in [0.15, 0.2) is 36.4 Å². The second kappa shape index (κ2) is 6.41. The summed E-state index contributed by atoms with van der Waals surface area (Å²) in [4.78, 5) is 0. The molecule has 2 heteroatoms. The van der Waals surface area contributed by atoms with Crippen molar-refractivity contribution in [2.75, 3.05) is 6.54 Å². The molecule has 0 spiro atoms. The van der Waals surface area contributed by atoms with Crippen molar-refractivity contribution >= 4 is 10.8 Å². The third-order valence-electron chi connectivity index (χ3n) is 3.27. The van der Waals surface area contributed by atoms with Gasteiger partial charge in [-0.1, -0.05) is 50.1 Å². The Hall–Kier alpha value is -1.54. The largest absolute Gasteiger partial charge is 0.508 e. The molecule has 2 aromatic carbocycles. The average molecular weight is 243 g/mol. The van der Waals surface area contributed by atoms with Gasteiger partial charge in [0.1, 0.15) is 5.75 Å². The highest BCUT2D eigenvalue weighted by atomic mass is 16.3. The molecular weight excluding hydrogens is 222 g/mol. The quantitative estimate of drug-likeness (QED) is 0.756. The first-order chi connectivity index (χ1) is 8.83. The zero-order chi connectivity index (χ0) is 12.8. The Morgan fingerprint density at radius 2 is 1.89 bits per heavy atom. The SMILES string of the molecule is CCCCCNCc1c(O)ccc2ccccc12. The molecule has 18 heavy (non-hydrogen) atoms. The molecule has 0 aliphatic heterocycles. The van der Waals surface area contributed by atoms with Gasteiger partial charge in [-0.3, -0.25) is 0 Å². The maximum absolute atomic E-state index is 9.97. The minimum Gasteiger partial charge on any atom is -0.508 e. The summed E-state index contributed by atoms with van der Waals surface area (Å²) >= 11 is 0. The van der Waals surface area contributed by atoms with E-state index in [0.29, 0.717) is 5.75 Å². The normalized spacial score (nSPS) is 10.9. The van der Waals surface area contributed by atoms with Crippen molar-refractivity contribution in [1.82, 2.24) is 5.32 Å². The zero-order valence-corrected chi connectivity index (χ0v) is 10.9. The number of aromatic hydroxyl groups is 1. The summed E-state index contributed by atoms with van der Waals surface area (Å²) in [5.41, 5.74) is 1.00. The second-order valence-electron chi connectivity index (χ2n) is 4.67. The first-order valence-corrected chi connectivity index (χ1v) is 6.73. The monoisotopic (exact) mass is 243 g/mol. The van der Waals surface area contributed by atoms with Crippen LogP contribution < -0.4 is 5.32 Å². The van der Waals surface area contributed by atoms with Crippen molar-refractivity contribution in [3.05, 3.63) is 42.0 Å². The molecule has 0 radical (unpaired) electrons. The number of phenolic OH excluding ortho intramolecular Hbond substituents is 1. The first-order valence-electron chi connectivity index (χ1n) is 6.73. The Morgan fingerprint density at radius 1 is 1.06 bits per heavy atom. The Bertz CT molecular complexity index is 507. The van der Waals surface area contributed by atoms with Crippen LogP contribution in [-0.2, 0) is 6.54 Å². The standard InChI is InChI=1S/C16H21NO/c1-2-3-6-11-17-12-15-14-8-5-4-7-13(14)9-10-16(15)18/h4-5,7-10,17-18H,2-3,6,11-12H2,1H3. The van der Waals surface area contributed by atoms with Crippen LogP contribution in [0, 0.1) is 0 Å². The molecule has 2 rings (SSSR count). The number of hydrogen-bond donors (Lipinski definition) is 2. The van der Waals surface area contributed by atoms with Crippen molar-refractivity contribution in [1.29, 1.82) is 0 Å². The van der Waals surface area contributed by atoms with E-state index in [4.69, 9.17) is 0 Å². The fourth-order valence-electron chi connectivity index (χ4n) is 2.22. The van der Waals surface area contributed by atoms with Crippen LogP contribution in [0.2, 0.25) is 0 Å². The molecule has 2 aromatic rings. The van der Waals surface area contributed by atoms with Crippen molar-refractivity contribution < 1.29 is 5.11 Å². The van der Waals surface area contributed by atoms with E-state index in [9.17, 15) is 5.11 Å². The molecule has 0 aromatic heterocycles. The summed E-state index contributed by atoms with van der Waals surface area (Å²) in [5.74, 6) is 0.386. The molecule has 0 saturated carbocycles. The van der Waals surface area contributed by atoms with E-state index >= 15 is 0 Å². The number of fused-ring (bicyclic) bond motifs is 1. The third-order valence-corrected chi connectivity index (χ3v) is 3.27. The van der Waals surface area contributed by atoms with Crippen molar-refractivity contribution in [2.45, 2.75) is 32.7 Å². The number of rotatable bonds is 6. The molecule has 0 fully saturated rings. The van der Waals surface area contributed by atoms with Gasteiger partial charge in [-0.05, 0) is 29.8 Å². The van der Waals surface area contributed by atoms with E-state index in [1.54, 1.807) is 6.07 Å². The Balaban J connectivity index is 2.09. The molecule has 0 unspecified atom stereocenters. The van der Waals surface area contributed by atoms with Gasteiger partial charge in [0, 0.05) is 12.1 Å². The summed E-state index contributed by atoms with van der Waals surface area (Å²) in [5, 5.41) is 15.7. The zero-order valence-electron chi connectivity index (χ0n) is 10.9. The fourth-order valence-corrected chi connectivity index (χ4v) is 2.22. The van der Waals surface area contributed by atoms with Gasteiger partial charge in [0.15, 0.2) is 0 Å². The maximum atomic E-state index is 9.97. The second-order valence-corrected chi connectivity index (χ2v) is 4.67.